The van der Waals surface area contributed by atoms with E-state index in [1.165, 1.54) is 28.5 Å². The van der Waals surface area contributed by atoms with E-state index >= 15 is 0 Å². The van der Waals surface area contributed by atoms with Crippen molar-refractivity contribution in [3.8, 4) is 17.2 Å². The van der Waals surface area contributed by atoms with E-state index < -0.39 is 0 Å². The van der Waals surface area contributed by atoms with Crippen LogP contribution in [0.4, 0.5) is 0 Å². The number of para-hydroxylation sites is 1. The van der Waals surface area contributed by atoms with Gasteiger partial charge in [-0.3, -0.25) is 9.69 Å². The normalized spacial score (nSPS) is 24.1. The van der Waals surface area contributed by atoms with Crippen molar-refractivity contribution >= 4 is 16.8 Å². The van der Waals surface area contributed by atoms with E-state index in [1.54, 1.807) is 21.3 Å². The van der Waals surface area contributed by atoms with E-state index in [-0.39, 0.29) is 18.0 Å². The van der Waals surface area contributed by atoms with Gasteiger partial charge in [-0.25, -0.2) is 0 Å². The van der Waals surface area contributed by atoms with E-state index in [1.807, 2.05) is 0 Å². The number of nitrogens with zero attached hydrogens (tertiary/aromatic N) is 2. The molecule has 3 heterocycles. The SMILES string of the molecule is COc1ccc(C2c3[nH]c4ccccc4c3CCN2C(=O)[C@@H]2C[C@H](C)CC[C@H]2C(C)C)cc1CN1CCc2cc(OC)c(OC)cc2C1C. The summed E-state index contributed by atoms with van der Waals surface area (Å²) in [4.78, 5) is 23.4. The summed E-state index contributed by atoms with van der Waals surface area (Å²) >= 11 is 0. The number of aromatic amines is 1. The van der Waals surface area contributed by atoms with Crippen LogP contribution in [0.15, 0.2) is 54.6 Å². The van der Waals surface area contributed by atoms with Gasteiger partial charge in [-0.05, 0) is 103 Å². The summed E-state index contributed by atoms with van der Waals surface area (Å²) < 4.78 is 17.3. The van der Waals surface area contributed by atoms with Gasteiger partial charge >= 0.3 is 0 Å². The molecule has 5 atom stereocenters. The lowest BCUT2D eigenvalue weighted by molar-refractivity contribution is -0.142. The molecule has 2 aliphatic heterocycles. The van der Waals surface area contributed by atoms with Gasteiger partial charge in [-0.1, -0.05) is 51.5 Å². The zero-order valence-corrected chi connectivity index (χ0v) is 30.3. The summed E-state index contributed by atoms with van der Waals surface area (Å²) in [5, 5.41) is 1.27. The lowest BCUT2D eigenvalue weighted by Gasteiger charge is -2.43. The van der Waals surface area contributed by atoms with Crippen LogP contribution in [0, 0.1) is 23.7 Å². The Morgan fingerprint density at radius 2 is 1.65 bits per heavy atom. The molecule has 49 heavy (non-hydrogen) atoms. The maximum atomic E-state index is 14.9. The molecule has 1 aliphatic carbocycles. The zero-order chi connectivity index (χ0) is 34.4. The van der Waals surface area contributed by atoms with Crippen molar-refractivity contribution in [2.45, 2.75) is 78.4 Å². The fourth-order valence-corrected chi connectivity index (χ4v) is 9.25. The molecule has 1 amide bonds. The molecule has 7 nitrogen and oxygen atoms in total. The van der Waals surface area contributed by atoms with Gasteiger partial charge in [0.15, 0.2) is 11.5 Å². The van der Waals surface area contributed by atoms with Gasteiger partial charge in [0.25, 0.3) is 0 Å². The largest absolute Gasteiger partial charge is 0.496 e. The maximum absolute atomic E-state index is 14.9. The van der Waals surface area contributed by atoms with Crippen molar-refractivity contribution in [3.63, 3.8) is 0 Å². The number of methoxy groups -OCH3 is 3. The summed E-state index contributed by atoms with van der Waals surface area (Å²) in [5.74, 6) is 4.27. The van der Waals surface area contributed by atoms with Gasteiger partial charge in [0.2, 0.25) is 5.91 Å². The molecule has 7 rings (SSSR count). The Morgan fingerprint density at radius 1 is 0.898 bits per heavy atom. The molecule has 0 spiro atoms. The molecule has 7 heteroatoms. The Kier molecular flexibility index (Phi) is 9.40. The third-order valence-electron chi connectivity index (χ3n) is 12.0. The molecule has 2 unspecified atom stereocenters. The highest BCUT2D eigenvalue weighted by molar-refractivity contribution is 5.87. The molecule has 1 N–H and O–H groups in total. The molecule has 0 radical (unpaired) electrons. The van der Waals surface area contributed by atoms with E-state index in [4.69, 9.17) is 14.2 Å². The smallest absolute Gasteiger partial charge is 0.226 e. The topological polar surface area (TPSA) is 67.0 Å². The van der Waals surface area contributed by atoms with Gasteiger partial charge in [0, 0.05) is 53.8 Å². The lowest BCUT2D eigenvalue weighted by Crippen LogP contribution is -2.47. The first-order valence-electron chi connectivity index (χ1n) is 18.3. The Hall–Kier alpha value is -3.97. The maximum Gasteiger partial charge on any atom is 0.226 e. The van der Waals surface area contributed by atoms with Gasteiger partial charge in [-0.15, -0.1) is 0 Å². The number of carbonyl (C=O) groups is 1. The number of aromatic nitrogens is 1. The van der Waals surface area contributed by atoms with Crippen LogP contribution in [0.3, 0.4) is 0 Å². The summed E-state index contributed by atoms with van der Waals surface area (Å²) in [6.07, 6.45) is 5.11. The van der Waals surface area contributed by atoms with Crippen molar-refractivity contribution in [2.75, 3.05) is 34.4 Å². The minimum atomic E-state index is -0.186. The van der Waals surface area contributed by atoms with Gasteiger partial charge in [0.1, 0.15) is 5.75 Å². The second kappa shape index (κ2) is 13.7. The standard InChI is InChI=1S/C42H53N3O4/c1-25(2)31-14-12-26(3)20-35(31)42(46)45-19-17-33-32-10-8-9-11-36(32)43-40(33)41(45)29-13-15-37(47-5)30(21-29)24-44-18-16-28-22-38(48-6)39(49-7)23-34(28)27(44)4/h8-11,13,15,21-23,25-27,31,35,41,43H,12,14,16-20,24H2,1-7H3/t26-,27?,31+,35-,41?/m1/s1. The minimum absolute atomic E-state index is 0.0554. The first-order valence-corrected chi connectivity index (χ1v) is 18.3. The molecular formula is C42H53N3O4. The lowest BCUT2D eigenvalue weighted by atomic mass is 9.69. The molecule has 1 aromatic heterocycles. The molecule has 0 bridgehead atoms. The van der Waals surface area contributed by atoms with Gasteiger partial charge in [0.05, 0.1) is 27.4 Å². The molecule has 4 aromatic rings. The highest BCUT2D eigenvalue weighted by Gasteiger charge is 2.42. The summed E-state index contributed by atoms with van der Waals surface area (Å²) in [5.41, 5.74) is 8.48. The first-order chi connectivity index (χ1) is 23.7. The van der Waals surface area contributed by atoms with Gasteiger partial charge < -0.3 is 24.1 Å². The molecule has 260 valence electrons. The quantitative estimate of drug-likeness (QED) is 0.205. The number of carbonyl (C=O) groups excluding carboxylic acids is 1. The fraction of sp³-hybridized carbons (Fsp3) is 0.500. The average molecular weight is 664 g/mol. The number of nitrogens with one attached hydrogen (secondary N) is 1. The van der Waals surface area contributed by atoms with Crippen LogP contribution >= 0.6 is 0 Å². The third kappa shape index (κ3) is 6.09. The van der Waals surface area contributed by atoms with Crippen molar-refractivity contribution in [1.29, 1.82) is 0 Å². The van der Waals surface area contributed by atoms with E-state index in [2.05, 4.69) is 97.1 Å². The number of fused-ring (bicyclic) bond motifs is 4. The van der Waals surface area contributed by atoms with Crippen LogP contribution < -0.4 is 14.2 Å². The Morgan fingerprint density at radius 3 is 2.41 bits per heavy atom. The summed E-state index contributed by atoms with van der Waals surface area (Å²) in [7, 11) is 5.15. The van der Waals surface area contributed by atoms with Crippen LogP contribution in [-0.4, -0.2) is 55.1 Å². The van der Waals surface area contributed by atoms with Crippen LogP contribution in [0.5, 0.6) is 17.2 Å². The predicted molar refractivity (Wildman–Crippen MR) is 195 cm³/mol. The second-order valence-electron chi connectivity index (χ2n) is 15.1. The summed E-state index contributed by atoms with van der Waals surface area (Å²) in [6, 6.07) is 19.5. The highest BCUT2D eigenvalue weighted by Crippen LogP contribution is 2.45. The highest BCUT2D eigenvalue weighted by atomic mass is 16.5. The molecule has 3 aromatic carbocycles. The Labute approximate surface area is 291 Å². The monoisotopic (exact) mass is 663 g/mol. The number of hydrogen-bond donors (Lipinski definition) is 1. The van der Waals surface area contributed by atoms with Crippen molar-refractivity contribution in [1.82, 2.24) is 14.8 Å². The van der Waals surface area contributed by atoms with E-state index in [9.17, 15) is 4.79 Å². The number of benzene rings is 3. The van der Waals surface area contributed by atoms with Crippen LogP contribution in [0.25, 0.3) is 10.9 Å². The molecular weight excluding hydrogens is 610 g/mol. The van der Waals surface area contributed by atoms with Crippen LogP contribution in [0.2, 0.25) is 0 Å². The predicted octanol–water partition coefficient (Wildman–Crippen LogP) is 8.50. The zero-order valence-electron chi connectivity index (χ0n) is 30.3. The van der Waals surface area contributed by atoms with Gasteiger partial charge in [-0.2, -0.15) is 0 Å². The van der Waals surface area contributed by atoms with E-state index in [0.29, 0.717) is 23.7 Å². The minimum Gasteiger partial charge on any atom is -0.496 e. The Balaban J connectivity index is 1.27. The number of rotatable bonds is 8. The van der Waals surface area contributed by atoms with Crippen LogP contribution in [0.1, 0.15) is 92.6 Å². The number of amides is 1. The number of hydrogen-bond acceptors (Lipinski definition) is 5. The van der Waals surface area contributed by atoms with Crippen LogP contribution in [-0.2, 0) is 24.2 Å². The third-order valence-corrected chi connectivity index (χ3v) is 12.0. The summed E-state index contributed by atoms with van der Waals surface area (Å²) in [6.45, 7) is 11.6. The second-order valence-corrected chi connectivity index (χ2v) is 15.1. The fourth-order valence-electron chi connectivity index (χ4n) is 9.25. The Bertz CT molecular complexity index is 1830. The average Bonchev–Trinajstić information content (AvgIpc) is 3.50. The first kappa shape index (κ1) is 33.5. The van der Waals surface area contributed by atoms with E-state index in [0.717, 1.165) is 84.9 Å². The van der Waals surface area contributed by atoms with Crippen molar-refractivity contribution < 1.29 is 19.0 Å². The number of ether oxygens (including phenoxy) is 3. The molecule has 0 saturated heterocycles. The molecule has 3 aliphatic rings. The number of H-pyrrole nitrogens is 1. The van der Waals surface area contributed by atoms with Crippen molar-refractivity contribution in [3.05, 3.63) is 88.1 Å². The van der Waals surface area contributed by atoms with Crippen molar-refractivity contribution in [2.24, 2.45) is 23.7 Å². The molecule has 1 saturated carbocycles. The molecule has 1 fully saturated rings.